The van der Waals surface area contributed by atoms with Crippen molar-refractivity contribution >= 4 is 12.0 Å². The summed E-state index contributed by atoms with van der Waals surface area (Å²) in [6.45, 7) is 1.02. The summed E-state index contributed by atoms with van der Waals surface area (Å²) in [7, 11) is 1.73. The summed E-state index contributed by atoms with van der Waals surface area (Å²) in [5, 5.41) is 3.08. The summed E-state index contributed by atoms with van der Waals surface area (Å²) in [6.07, 6.45) is 6.79. The number of amides is 2. The van der Waals surface area contributed by atoms with Gasteiger partial charge >= 0.3 is 6.09 Å². The Kier molecular flexibility index (Phi) is 2.95. The Hall–Kier alpha value is -1.26. The van der Waals surface area contributed by atoms with E-state index in [0.717, 1.165) is 37.0 Å². The zero-order valence-electron chi connectivity index (χ0n) is 12.6. The summed E-state index contributed by atoms with van der Waals surface area (Å²) >= 11 is 0. The molecule has 0 aromatic rings. The Bertz CT molecular complexity index is 441. The SMILES string of the molecule is CN1CC(CNC(=O)C23CC4CC(CC(C4)C2)C3)OC1=O. The third-order valence-electron chi connectivity index (χ3n) is 6.07. The third kappa shape index (κ3) is 2.21. The van der Waals surface area contributed by atoms with Gasteiger partial charge in [0.1, 0.15) is 6.10 Å². The Balaban J connectivity index is 1.38. The molecule has 5 fully saturated rings. The average Bonchev–Trinajstić information content (AvgIpc) is 2.73. The molecule has 5 heteroatoms. The molecule has 1 atom stereocenters. The zero-order chi connectivity index (χ0) is 14.6. The highest BCUT2D eigenvalue weighted by Gasteiger charge is 2.54. The van der Waals surface area contributed by atoms with Crippen molar-refractivity contribution in [2.24, 2.45) is 23.2 Å². The molecule has 4 saturated carbocycles. The highest BCUT2D eigenvalue weighted by atomic mass is 16.6. The number of carbonyl (C=O) groups excluding carboxylic acids is 2. The second kappa shape index (κ2) is 4.62. The van der Waals surface area contributed by atoms with Crippen LogP contribution in [0.25, 0.3) is 0 Å². The van der Waals surface area contributed by atoms with Crippen molar-refractivity contribution in [2.45, 2.75) is 44.6 Å². The Morgan fingerprint density at radius 1 is 1.24 bits per heavy atom. The largest absolute Gasteiger partial charge is 0.442 e. The van der Waals surface area contributed by atoms with Crippen LogP contribution in [0.1, 0.15) is 38.5 Å². The number of rotatable bonds is 3. The lowest BCUT2D eigenvalue weighted by Gasteiger charge is -2.55. The van der Waals surface area contributed by atoms with E-state index in [1.807, 2.05) is 0 Å². The fraction of sp³-hybridized carbons (Fsp3) is 0.875. The van der Waals surface area contributed by atoms with Gasteiger partial charge in [-0.05, 0) is 56.3 Å². The molecule has 0 aromatic carbocycles. The predicted octanol–water partition coefficient (Wildman–Crippen LogP) is 1.77. The predicted molar refractivity (Wildman–Crippen MR) is 76.5 cm³/mol. The van der Waals surface area contributed by atoms with Crippen molar-refractivity contribution in [2.75, 3.05) is 20.1 Å². The molecule has 5 aliphatic rings. The van der Waals surface area contributed by atoms with Crippen molar-refractivity contribution < 1.29 is 14.3 Å². The molecule has 116 valence electrons. The van der Waals surface area contributed by atoms with Crippen LogP contribution in [0.3, 0.4) is 0 Å². The molecular formula is C16H24N2O3. The van der Waals surface area contributed by atoms with E-state index in [2.05, 4.69) is 5.32 Å². The van der Waals surface area contributed by atoms with E-state index in [1.54, 1.807) is 11.9 Å². The number of nitrogens with one attached hydrogen (secondary N) is 1. The van der Waals surface area contributed by atoms with Crippen molar-refractivity contribution in [1.82, 2.24) is 10.2 Å². The maximum Gasteiger partial charge on any atom is 0.410 e. The molecule has 1 aliphatic heterocycles. The van der Waals surface area contributed by atoms with Crippen LogP contribution in [0.2, 0.25) is 0 Å². The van der Waals surface area contributed by atoms with Gasteiger partial charge in [-0.15, -0.1) is 0 Å². The van der Waals surface area contributed by atoms with Gasteiger partial charge in [0.15, 0.2) is 0 Å². The highest BCUT2D eigenvalue weighted by Crippen LogP contribution is 2.60. The number of ether oxygens (including phenoxy) is 1. The molecule has 0 spiro atoms. The van der Waals surface area contributed by atoms with Crippen LogP contribution in [0.15, 0.2) is 0 Å². The minimum atomic E-state index is -0.288. The Morgan fingerprint density at radius 3 is 2.29 bits per heavy atom. The average molecular weight is 292 g/mol. The van der Waals surface area contributed by atoms with Crippen LogP contribution >= 0.6 is 0 Å². The molecular weight excluding hydrogens is 268 g/mol. The maximum absolute atomic E-state index is 12.8. The maximum atomic E-state index is 12.8. The summed E-state index contributed by atoms with van der Waals surface area (Å²) in [5.74, 6) is 2.54. The molecule has 2 amide bonds. The van der Waals surface area contributed by atoms with Gasteiger partial charge in [-0.3, -0.25) is 4.79 Å². The van der Waals surface area contributed by atoms with E-state index in [0.29, 0.717) is 13.1 Å². The van der Waals surface area contributed by atoms with E-state index < -0.39 is 0 Å². The summed E-state index contributed by atoms with van der Waals surface area (Å²) in [4.78, 5) is 25.7. The van der Waals surface area contributed by atoms with Crippen LogP contribution < -0.4 is 5.32 Å². The van der Waals surface area contributed by atoms with E-state index in [1.165, 1.54) is 19.3 Å². The lowest BCUT2D eigenvalue weighted by Crippen LogP contribution is -2.54. The fourth-order valence-corrected chi connectivity index (χ4v) is 5.54. The van der Waals surface area contributed by atoms with Gasteiger partial charge in [0, 0.05) is 12.5 Å². The summed E-state index contributed by atoms with van der Waals surface area (Å²) < 4.78 is 5.22. The second-order valence-electron chi connectivity index (χ2n) is 7.79. The van der Waals surface area contributed by atoms with E-state index in [4.69, 9.17) is 4.74 Å². The Morgan fingerprint density at radius 2 is 1.81 bits per heavy atom. The molecule has 5 nitrogen and oxygen atoms in total. The first-order valence-corrected chi connectivity index (χ1v) is 8.24. The molecule has 1 N–H and O–H groups in total. The first-order chi connectivity index (χ1) is 10.0. The van der Waals surface area contributed by atoms with Crippen molar-refractivity contribution in [1.29, 1.82) is 0 Å². The molecule has 4 aliphatic carbocycles. The van der Waals surface area contributed by atoms with Crippen LogP contribution in [0, 0.1) is 23.2 Å². The smallest absolute Gasteiger partial charge is 0.410 e. The lowest BCUT2D eigenvalue weighted by molar-refractivity contribution is -0.146. The number of likely N-dealkylation sites (N-methyl/N-ethyl adjacent to an activating group) is 1. The molecule has 21 heavy (non-hydrogen) atoms. The van der Waals surface area contributed by atoms with Crippen molar-refractivity contribution in [3.63, 3.8) is 0 Å². The Labute approximate surface area is 125 Å². The van der Waals surface area contributed by atoms with Gasteiger partial charge in [-0.2, -0.15) is 0 Å². The zero-order valence-corrected chi connectivity index (χ0v) is 12.6. The minimum absolute atomic E-state index is 0.108. The van der Waals surface area contributed by atoms with E-state index >= 15 is 0 Å². The minimum Gasteiger partial charge on any atom is -0.442 e. The van der Waals surface area contributed by atoms with E-state index in [9.17, 15) is 9.59 Å². The standard InChI is InChI=1S/C16H24N2O3/c1-18-9-13(21-15(18)20)8-17-14(19)16-5-10-2-11(6-16)4-12(3-10)7-16/h10-13H,2-9H2,1H3,(H,17,19). The van der Waals surface area contributed by atoms with Gasteiger partial charge in [-0.1, -0.05) is 0 Å². The van der Waals surface area contributed by atoms with Gasteiger partial charge < -0.3 is 15.0 Å². The van der Waals surface area contributed by atoms with Crippen LogP contribution in [0.4, 0.5) is 4.79 Å². The third-order valence-corrected chi connectivity index (χ3v) is 6.07. The summed E-state index contributed by atoms with van der Waals surface area (Å²) in [6, 6.07) is 0. The monoisotopic (exact) mass is 292 g/mol. The quantitative estimate of drug-likeness (QED) is 0.862. The molecule has 5 rings (SSSR count). The molecule has 1 unspecified atom stereocenters. The molecule has 4 bridgehead atoms. The van der Waals surface area contributed by atoms with Gasteiger partial charge in [0.25, 0.3) is 0 Å². The van der Waals surface area contributed by atoms with Crippen LogP contribution in [0.5, 0.6) is 0 Å². The number of hydrogen-bond acceptors (Lipinski definition) is 3. The van der Waals surface area contributed by atoms with Gasteiger partial charge in [0.05, 0.1) is 13.1 Å². The fourth-order valence-electron chi connectivity index (χ4n) is 5.54. The van der Waals surface area contributed by atoms with Crippen LogP contribution in [-0.2, 0) is 9.53 Å². The number of cyclic esters (lactones) is 1. The molecule has 1 saturated heterocycles. The second-order valence-corrected chi connectivity index (χ2v) is 7.79. The lowest BCUT2D eigenvalue weighted by atomic mass is 9.49. The van der Waals surface area contributed by atoms with Crippen molar-refractivity contribution in [3.05, 3.63) is 0 Å². The highest BCUT2D eigenvalue weighted by molar-refractivity contribution is 5.83. The topological polar surface area (TPSA) is 58.6 Å². The molecule has 1 heterocycles. The first kappa shape index (κ1) is 13.4. The number of nitrogens with zero attached hydrogens (tertiary/aromatic N) is 1. The van der Waals surface area contributed by atoms with Crippen molar-refractivity contribution in [3.8, 4) is 0 Å². The first-order valence-electron chi connectivity index (χ1n) is 8.24. The summed E-state index contributed by atoms with van der Waals surface area (Å²) in [5.41, 5.74) is -0.108. The molecule has 0 aromatic heterocycles. The number of carbonyl (C=O) groups is 2. The van der Waals surface area contributed by atoms with Gasteiger partial charge in [0.2, 0.25) is 5.91 Å². The van der Waals surface area contributed by atoms with Crippen LogP contribution in [-0.4, -0.2) is 43.1 Å². The van der Waals surface area contributed by atoms with Gasteiger partial charge in [-0.25, -0.2) is 4.79 Å². The molecule has 0 radical (unpaired) electrons. The normalized spacial score (nSPS) is 44.0. The van der Waals surface area contributed by atoms with E-state index in [-0.39, 0.29) is 23.5 Å². The number of hydrogen-bond donors (Lipinski definition) is 1.